The second kappa shape index (κ2) is 10.9. The van der Waals surface area contributed by atoms with Gasteiger partial charge in [0, 0.05) is 65.0 Å². The Morgan fingerprint density at radius 3 is 2.70 bits per heavy atom. The minimum atomic E-state index is -4.78. The molecule has 1 unspecified atom stereocenters. The molecular weight excluding hydrogens is 601 g/mol. The molecular formula is C29H25F3N6O3S2. The van der Waals surface area contributed by atoms with Crippen LogP contribution in [0.15, 0.2) is 46.6 Å². The number of thiophene rings is 1. The number of methoxy groups -OCH3 is 1. The zero-order valence-electron chi connectivity index (χ0n) is 22.9. The van der Waals surface area contributed by atoms with Crippen molar-refractivity contribution in [3.05, 3.63) is 58.5 Å². The molecule has 2 aromatic heterocycles. The highest BCUT2D eigenvalue weighted by Gasteiger charge is 2.40. The molecule has 43 heavy (non-hydrogen) atoms. The molecule has 4 aromatic rings. The molecule has 2 aliphatic heterocycles. The third-order valence-corrected chi connectivity index (χ3v) is 10.0. The molecule has 2 aliphatic rings. The molecule has 1 saturated heterocycles. The quantitative estimate of drug-likeness (QED) is 0.312. The predicted molar refractivity (Wildman–Crippen MR) is 162 cm³/mol. The van der Waals surface area contributed by atoms with Crippen LogP contribution < -0.4 is 16.3 Å². The van der Waals surface area contributed by atoms with E-state index in [2.05, 4.69) is 17.6 Å². The molecule has 4 heterocycles. The molecule has 9 nitrogen and oxygen atoms in total. The normalized spacial score (nSPS) is 17.0. The third-order valence-electron chi connectivity index (χ3n) is 7.78. The van der Waals surface area contributed by atoms with E-state index in [-0.39, 0.29) is 69.1 Å². The number of benzene rings is 2. The van der Waals surface area contributed by atoms with Crippen LogP contribution in [0.5, 0.6) is 0 Å². The van der Waals surface area contributed by atoms with Crippen molar-refractivity contribution in [3.63, 3.8) is 0 Å². The van der Waals surface area contributed by atoms with Crippen LogP contribution in [0.2, 0.25) is 0 Å². The molecule has 2 N–H and O–H groups in total. The summed E-state index contributed by atoms with van der Waals surface area (Å²) in [5, 5.41) is 10.6. The summed E-state index contributed by atoms with van der Waals surface area (Å²) in [4.78, 5) is 33.7. The van der Waals surface area contributed by atoms with Crippen molar-refractivity contribution in [1.82, 2.24) is 14.5 Å². The maximum atomic E-state index is 15.0. The van der Waals surface area contributed by atoms with Crippen molar-refractivity contribution in [1.29, 1.82) is 5.26 Å². The van der Waals surface area contributed by atoms with Crippen LogP contribution in [0.25, 0.3) is 32.1 Å². The summed E-state index contributed by atoms with van der Waals surface area (Å²) in [5.74, 6) is 0.169. The Hall–Kier alpha value is -4.06. The molecule has 6 rings (SSSR count). The molecule has 2 aromatic carbocycles. The van der Waals surface area contributed by atoms with E-state index in [4.69, 9.17) is 10.5 Å². The van der Waals surface area contributed by atoms with E-state index in [9.17, 15) is 14.9 Å². The van der Waals surface area contributed by atoms with Crippen molar-refractivity contribution in [2.75, 3.05) is 56.3 Å². The molecule has 1 amide bonds. The number of nitriles is 1. The third kappa shape index (κ3) is 4.72. The maximum absolute atomic E-state index is 15.0. The van der Waals surface area contributed by atoms with Crippen LogP contribution in [0.3, 0.4) is 0 Å². The standard InChI is InChI=1S/C29H25F3N6O3S2/c1-3-21(39)36-7-9-37(10-8-36)27-17-11-19(29(30,31)32)23(16-5-4-6-20-22(16)18(12-33)26(34)43-20)25-24(17)38(28(40)35-27)15(13-41-2)14-42-25/h3-6,11,15H,1,7-10,13-14,34H2,2H3. The number of amides is 1. The van der Waals surface area contributed by atoms with Gasteiger partial charge in [-0.25, -0.2) is 4.79 Å². The highest BCUT2D eigenvalue weighted by Crippen LogP contribution is 2.52. The highest BCUT2D eigenvalue weighted by molar-refractivity contribution is 7.99. The number of piperazine rings is 1. The van der Waals surface area contributed by atoms with Gasteiger partial charge >= 0.3 is 11.9 Å². The fourth-order valence-electron chi connectivity index (χ4n) is 5.89. The van der Waals surface area contributed by atoms with E-state index in [1.165, 1.54) is 29.5 Å². The number of alkyl halides is 3. The number of fused-ring (bicyclic) bond motifs is 1. The summed E-state index contributed by atoms with van der Waals surface area (Å²) in [6, 6.07) is 7.58. The number of thioether (sulfide) groups is 1. The molecule has 1 fully saturated rings. The summed E-state index contributed by atoms with van der Waals surface area (Å²) in [6.07, 6.45) is -3.57. The van der Waals surface area contributed by atoms with E-state index in [1.807, 2.05) is 0 Å². The Morgan fingerprint density at radius 2 is 2.05 bits per heavy atom. The highest BCUT2D eigenvalue weighted by atomic mass is 32.2. The topological polar surface area (TPSA) is 117 Å². The Balaban J connectivity index is 1.69. The van der Waals surface area contributed by atoms with Gasteiger partial charge in [-0.05, 0) is 23.8 Å². The smallest absolute Gasteiger partial charge is 0.389 e. The van der Waals surface area contributed by atoms with Gasteiger partial charge in [-0.3, -0.25) is 9.36 Å². The molecule has 0 saturated carbocycles. The first-order chi connectivity index (χ1) is 20.6. The first kappa shape index (κ1) is 29.0. The van der Waals surface area contributed by atoms with E-state index in [1.54, 1.807) is 28.0 Å². The average Bonchev–Trinajstić information content (AvgIpc) is 3.33. The van der Waals surface area contributed by atoms with Gasteiger partial charge in [-0.15, -0.1) is 23.1 Å². The summed E-state index contributed by atoms with van der Waals surface area (Å²) in [6.45, 7) is 4.83. The zero-order valence-corrected chi connectivity index (χ0v) is 24.5. The van der Waals surface area contributed by atoms with Gasteiger partial charge in [0.25, 0.3) is 0 Å². The SMILES string of the molecule is C=CC(=O)N1CCN(c2nc(=O)n3c4c(c(-c5cccc6sc(N)c(C#N)c56)c(C(F)(F)F)cc24)SCC3COC)CC1. The van der Waals surface area contributed by atoms with E-state index in [0.717, 1.165) is 17.4 Å². The van der Waals surface area contributed by atoms with Crippen molar-refractivity contribution >= 4 is 60.8 Å². The van der Waals surface area contributed by atoms with Crippen LogP contribution in [0.4, 0.5) is 24.0 Å². The number of rotatable bonds is 5. The summed E-state index contributed by atoms with van der Waals surface area (Å²) in [5.41, 5.74) is 5.18. The van der Waals surface area contributed by atoms with Crippen LogP contribution >= 0.6 is 23.1 Å². The Bertz CT molecular complexity index is 1900. The van der Waals surface area contributed by atoms with Gasteiger partial charge in [0.1, 0.15) is 16.9 Å². The van der Waals surface area contributed by atoms with Crippen molar-refractivity contribution in [2.45, 2.75) is 17.1 Å². The maximum Gasteiger partial charge on any atom is 0.417 e. The second-order valence-electron chi connectivity index (χ2n) is 10.2. The number of carbonyl (C=O) groups excluding carboxylic acids is 1. The molecule has 0 aliphatic carbocycles. The van der Waals surface area contributed by atoms with Gasteiger partial charge in [0.05, 0.1) is 29.3 Å². The van der Waals surface area contributed by atoms with Crippen molar-refractivity contribution < 1.29 is 22.7 Å². The average molecular weight is 627 g/mol. The minimum absolute atomic E-state index is 0.104. The Labute approximate surface area is 251 Å². The predicted octanol–water partition coefficient (Wildman–Crippen LogP) is 4.88. The lowest BCUT2D eigenvalue weighted by atomic mass is 9.92. The lowest BCUT2D eigenvalue weighted by Gasteiger charge is -2.36. The van der Waals surface area contributed by atoms with Gasteiger partial charge in [-0.1, -0.05) is 18.7 Å². The van der Waals surface area contributed by atoms with Crippen molar-refractivity contribution in [3.8, 4) is 17.2 Å². The lowest BCUT2D eigenvalue weighted by Crippen LogP contribution is -2.49. The lowest BCUT2D eigenvalue weighted by molar-refractivity contribution is -0.137. The summed E-state index contributed by atoms with van der Waals surface area (Å²) in [7, 11) is 1.50. The first-order valence-electron chi connectivity index (χ1n) is 13.3. The number of carbonyl (C=O) groups is 1. The molecule has 14 heteroatoms. The van der Waals surface area contributed by atoms with E-state index in [0.29, 0.717) is 28.7 Å². The van der Waals surface area contributed by atoms with Gasteiger partial charge in [0.15, 0.2) is 0 Å². The molecule has 222 valence electrons. The summed E-state index contributed by atoms with van der Waals surface area (Å²) < 4.78 is 52.5. The summed E-state index contributed by atoms with van der Waals surface area (Å²) >= 11 is 2.36. The number of anilines is 2. The van der Waals surface area contributed by atoms with E-state index >= 15 is 13.2 Å². The van der Waals surface area contributed by atoms with Crippen LogP contribution in [-0.4, -0.2) is 66.0 Å². The number of halogens is 3. The zero-order chi connectivity index (χ0) is 30.6. The number of nitrogen functional groups attached to an aromatic ring is 1. The molecule has 0 bridgehead atoms. The fraction of sp³-hybridized carbons (Fsp3) is 0.310. The van der Waals surface area contributed by atoms with Gasteiger partial charge in [-0.2, -0.15) is 23.4 Å². The van der Waals surface area contributed by atoms with Crippen LogP contribution in [0.1, 0.15) is 17.2 Å². The van der Waals surface area contributed by atoms with Crippen LogP contribution in [-0.2, 0) is 15.7 Å². The monoisotopic (exact) mass is 626 g/mol. The van der Waals surface area contributed by atoms with Crippen LogP contribution in [0, 0.1) is 11.3 Å². The fourth-order valence-corrected chi connectivity index (χ4v) is 8.15. The minimum Gasteiger partial charge on any atom is -0.389 e. The molecule has 0 spiro atoms. The number of nitrogens with zero attached hydrogens (tertiary/aromatic N) is 5. The Morgan fingerprint density at radius 1 is 1.30 bits per heavy atom. The largest absolute Gasteiger partial charge is 0.417 e. The van der Waals surface area contributed by atoms with Gasteiger partial charge < -0.3 is 20.3 Å². The second-order valence-corrected chi connectivity index (χ2v) is 12.3. The van der Waals surface area contributed by atoms with E-state index < -0.39 is 23.5 Å². The Kier molecular flexibility index (Phi) is 7.35. The number of hydrogen-bond donors (Lipinski definition) is 1. The number of ether oxygens (including phenoxy) is 1. The number of hydrogen-bond acceptors (Lipinski definition) is 9. The van der Waals surface area contributed by atoms with Gasteiger partial charge in [0.2, 0.25) is 5.91 Å². The first-order valence-corrected chi connectivity index (χ1v) is 15.1. The van der Waals surface area contributed by atoms with Crippen molar-refractivity contribution in [2.24, 2.45) is 0 Å². The number of nitrogens with two attached hydrogens (primary N) is 1. The molecule has 1 atom stereocenters. The molecule has 0 radical (unpaired) electrons. The number of aromatic nitrogens is 2.